The Kier molecular flexibility index (Phi) is 14.0. The van der Waals surface area contributed by atoms with Crippen molar-refractivity contribution in [3.63, 3.8) is 0 Å². The predicted octanol–water partition coefficient (Wildman–Crippen LogP) is -4.30. The van der Waals surface area contributed by atoms with E-state index in [9.17, 15) is 60.7 Å². The van der Waals surface area contributed by atoms with Crippen LogP contribution >= 0.6 is 0 Å². The molecule has 2 saturated heterocycles. The van der Waals surface area contributed by atoms with E-state index in [4.69, 9.17) is 37.9 Å². The van der Waals surface area contributed by atoms with Crippen LogP contribution < -0.4 is 0 Å². The Balaban J connectivity index is 0.000000208. The number of rotatable bonds is 8. The van der Waals surface area contributed by atoms with Gasteiger partial charge in [0.05, 0.1) is 63.3 Å². The van der Waals surface area contributed by atoms with Crippen LogP contribution in [-0.2, 0) is 47.5 Å². The van der Waals surface area contributed by atoms with Crippen molar-refractivity contribution < 1.29 is 98.5 Å². The lowest BCUT2D eigenvalue weighted by atomic mass is 9.83. The van der Waals surface area contributed by atoms with Gasteiger partial charge in [0.15, 0.2) is 12.6 Å². The Morgan fingerprint density at radius 2 is 0.944 bits per heavy atom. The van der Waals surface area contributed by atoms with Gasteiger partial charge >= 0.3 is 11.9 Å². The molecule has 20 heteroatoms. The van der Waals surface area contributed by atoms with E-state index in [0.717, 1.165) is 0 Å². The van der Waals surface area contributed by atoms with E-state index >= 15 is 0 Å². The second-order valence-electron chi connectivity index (χ2n) is 14.5. The van der Waals surface area contributed by atoms with Crippen LogP contribution in [0.5, 0.6) is 0 Å². The lowest BCUT2D eigenvalue weighted by Crippen LogP contribution is -2.60. The predicted molar refractivity (Wildman–Crippen MR) is 173 cm³/mol. The van der Waals surface area contributed by atoms with Gasteiger partial charge in [0.1, 0.15) is 48.8 Å². The van der Waals surface area contributed by atoms with E-state index < -0.39 is 123 Å². The van der Waals surface area contributed by atoms with Gasteiger partial charge in [0, 0.05) is 23.7 Å². The summed E-state index contributed by atoms with van der Waals surface area (Å²) >= 11 is 0. The van der Waals surface area contributed by atoms with E-state index in [1.165, 1.54) is 26.7 Å². The second kappa shape index (κ2) is 17.7. The van der Waals surface area contributed by atoms with Crippen LogP contribution in [0.25, 0.3) is 0 Å². The molecule has 0 amide bonds. The number of carbonyl (C=O) groups excluding carboxylic acids is 2. The van der Waals surface area contributed by atoms with Crippen LogP contribution in [0, 0.1) is 35.5 Å². The molecule has 0 spiro atoms. The molecule has 4 heterocycles. The maximum atomic E-state index is 12.0. The lowest BCUT2D eigenvalue weighted by molar-refractivity contribution is -0.342. The fourth-order valence-electron chi connectivity index (χ4n) is 8.19. The molecule has 4 fully saturated rings. The van der Waals surface area contributed by atoms with Gasteiger partial charge in [-0.25, -0.2) is 9.59 Å². The van der Waals surface area contributed by atoms with Crippen LogP contribution in [0.15, 0.2) is 23.7 Å². The molecule has 0 radical (unpaired) electrons. The third-order valence-corrected chi connectivity index (χ3v) is 11.5. The summed E-state index contributed by atoms with van der Waals surface area (Å²) in [6.07, 6.45) is -14.5. The standard InChI is InChI=1S/2C17H26O10/c2*1-6-9(19)3-7-8(15(23)24-2)5-25-16(11(6)7)27-17-14(22)13(21)12(20)10(4-18)26-17/h2*5-7,9-14,16-22H,3-4H2,1-2H3/t2*6-,7+,9-,10+,11+,12+,13-,14+,16-,17-/m00/s1. The van der Waals surface area contributed by atoms with Crippen molar-refractivity contribution >= 4 is 11.9 Å². The normalized spacial score (nSPS) is 47.0. The van der Waals surface area contributed by atoms with Gasteiger partial charge in [-0.1, -0.05) is 13.8 Å². The lowest BCUT2D eigenvalue weighted by Gasteiger charge is -2.43. The molecule has 20 atom stereocenters. The van der Waals surface area contributed by atoms with E-state index in [1.54, 1.807) is 13.8 Å². The van der Waals surface area contributed by atoms with Gasteiger partial charge in [-0.15, -0.1) is 0 Å². The number of carbonyl (C=O) groups is 2. The van der Waals surface area contributed by atoms with Gasteiger partial charge in [-0.2, -0.15) is 0 Å². The maximum Gasteiger partial charge on any atom is 0.337 e. The highest BCUT2D eigenvalue weighted by Gasteiger charge is 2.55. The third kappa shape index (κ3) is 8.14. The zero-order valence-corrected chi connectivity index (χ0v) is 30.1. The number of aliphatic hydroxyl groups is 10. The Bertz CT molecular complexity index is 1260. The topological polar surface area (TPSA) is 310 Å². The van der Waals surface area contributed by atoms with Crippen molar-refractivity contribution in [2.24, 2.45) is 35.5 Å². The molecule has 6 rings (SSSR count). The highest BCUT2D eigenvalue weighted by molar-refractivity contribution is 5.89. The first-order valence-electron chi connectivity index (χ1n) is 17.8. The zero-order valence-electron chi connectivity index (χ0n) is 30.1. The molecule has 10 N–H and O–H groups in total. The smallest absolute Gasteiger partial charge is 0.337 e. The minimum Gasteiger partial charge on any atom is -0.472 e. The molecule has 308 valence electrons. The quantitative estimate of drug-likeness (QED) is 0.104. The Labute approximate surface area is 310 Å². The van der Waals surface area contributed by atoms with Gasteiger partial charge in [0.2, 0.25) is 12.6 Å². The van der Waals surface area contributed by atoms with Crippen molar-refractivity contribution in [2.75, 3.05) is 27.4 Å². The minimum absolute atomic E-state index is 0.279. The van der Waals surface area contributed by atoms with Gasteiger partial charge in [0.25, 0.3) is 0 Å². The summed E-state index contributed by atoms with van der Waals surface area (Å²) in [6, 6.07) is 0. The first-order chi connectivity index (χ1) is 25.6. The van der Waals surface area contributed by atoms with E-state index in [1.807, 2.05) is 0 Å². The highest BCUT2D eigenvalue weighted by Crippen LogP contribution is 2.49. The Morgan fingerprint density at radius 1 is 0.593 bits per heavy atom. The maximum absolute atomic E-state index is 12.0. The number of hydrogen-bond donors (Lipinski definition) is 10. The van der Waals surface area contributed by atoms with Gasteiger partial charge in [-0.05, 0) is 24.7 Å². The molecule has 20 nitrogen and oxygen atoms in total. The van der Waals surface area contributed by atoms with Crippen LogP contribution in [0.3, 0.4) is 0 Å². The van der Waals surface area contributed by atoms with Crippen molar-refractivity contribution in [2.45, 2.75) is 113 Å². The van der Waals surface area contributed by atoms with Gasteiger partial charge < -0.3 is 89.0 Å². The summed E-state index contributed by atoms with van der Waals surface area (Å²) < 4.78 is 42.7. The van der Waals surface area contributed by atoms with Crippen molar-refractivity contribution in [1.29, 1.82) is 0 Å². The molecule has 0 aromatic rings. The molecule has 0 unspecified atom stereocenters. The molecule has 54 heavy (non-hydrogen) atoms. The Morgan fingerprint density at radius 3 is 1.26 bits per heavy atom. The molecule has 4 aliphatic heterocycles. The van der Waals surface area contributed by atoms with E-state index in [0.29, 0.717) is 24.0 Å². The number of methoxy groups -OCH3 is 2. The third-order valence-electron chi connectivity index (χ3n) is 11.5. The molecular weight excluding hydrogens is 728 g/mol. The van der Waals surface area contributed by atoms with Crippen LogP contribution in [0.4, 0.5) is 0 Å². The summed E-state index contributed by atoms with van der Waals surface area (Å²) in [5.74, 6) is -3.26. The first-order valence-corrected chi connectivity index (χ1v) is 17.8. The fraction of sp³-hybridized carbons (Fsp3) is 0.824. The van der Waals surface area contributed by atoms with Crippen LogP contribution in [-0.4, -0.2) is 177 Å². The van der Waals surface area contributed by atoms with Crippen molar-refractivity contribution in [3.8, 4) is 0 Å². The van der Waals surface area contributed by atoms with Crippen molar-refractivity contribution in [1.82, 2.24) is 0 Å². The van der Waals surface area contributed by atoms with E-state index in [-0.39, 0.29) is 23.7 Å². The summed E-state index contributed by atoms with van der Waals surface area (Å²) in [5, 5.41) is 98.9. The van der Waals surface area contributed by atoms with E-state index in [2.05, 4.69) is 0 Å². The summed E-state index contributed by atoms with van der Waals surface area (Å²) in [6.45, 7) is 2.43. The molecule has 2 saturated carbocycles. The number of fused-ring (bicyclic) bond motifs is 2. The first kappa shape index (κ1) is 42.6. The SMILES string of the molecule is COC(=O)C1=CO[C@@H](O[C@@H]2O[C@H](CO)[C@@H](O)[C@H](O)[C@H]2O)[C@@H]2[C@@H](C)[C@@H](O)C[C@H]12.COC(=O)C1=CO[C@@H](O[C@@H]2O[C@H](CO)[C@@H](O)[C@H](O)[C@H]2O)[C@@H]2[C@@H](C)[C@@H](O)C[C@H]12. The highest BCUT2D eigenvalue weighted by atomic mass is 16.8. The average Bonchev–Trinajstić information content (AvgIpc) is 3.64. The van der Waals surface area contributed by atoms with Crippen LogP contribution in [0.1, 0.15) is 26.7 Å². The summed E-state index contributed by atoms with van der Waals surface area (Å²) in [5.41, 5.74) is 0.583. The van der Waals surface area contributed by atoms with Gasteiger partial charge in [-0.3, -0.25) is 0 Å². The number of aliphatic hydroxyl groups excluding tert-OH is 10. The minimum atomic E-state index is -1.58. The number of esters is 2. The molecule has 0 aromatic heterocycles. The molecule has 6 aliphatic rings. The monoisotopic (exact) mass is 780 g/mol. The molecular formula is C34H52O20. The summed E-state index contributed by atoms with van der Waals surface area (Å²) in [4.78, 5) is 24.0. The number of hydrogen-bond acceptors (Lipinski definition) is 20. The average molecular weight is 781 g/mol. The largest absolute Gasteiger partial charge is 0.472 e. The summed E-state index contributed by atoms with van der Waals surface area (Å²) in [7, 11) is 2.51. The Hall–Kier alpha value is -2.54. The fourth-order valence-corrected chi connectivity index (χ4v) is 8.19. The molecule has 0 aromatic carbocycles. The van der Waals surface area contributed by atoms with Crippen LogP contribution in [0.2, 0.25) is 0 Å². The zero-order chi connectivity index (χ0) is 39.8. The van der Waals surface area contributed by atoms with Crippen molar-refractivity contribution in [3.05, 3.63) is 23.7 Å². The molecule has 0 bridgehead atoms. The molecule has 2 aliphatic carbocycles. The second-order valence-corrected chi connectivity index (χ2v) is 14.5. The number of ether oxygens (including phenoxy) is 8.